The molecular formula is C23H24N2O3S2. The Morgan fingerprint density at radius 1 is 1.23 bits per heavy atom. The number of carboxylic acids is 1. The molecule has 1 aliphatic rings. The summed E-state index contributed by atoms with van der Waals surface area (Å²) in [5.41, 5.74) is 4.82. The molecule has 1 heterocycles. The van der Waals surface area contributed by atoms with Gasteiger partial charge in [0.1, 0.15) is 11.0 Å². The number of nitrogens with one attached hydrogen (secondary N) is 1. The third kappa shape index (κ3) is 5.70. The molecule has 1 aromatic heterocycles. The smallest absolute Gasteiger partial charge is 0.336 e. The summed E-state index contributed by atoms with van der Waals surface area (Å²) in [6.07, 6.45) is 11.2. The molecule has 0 fully saturated rings. The highest BCUT2D eigenvalue weighted by Gasteiger charge is 2.14. The number of allylic oxidation sites excluding steroid dienone is 5. The number of aromatic carboxylic acids is 1. The maximum absolute atomic E-state index is 12.7. The van der Waals surface area contributed by atoms with Crippen molar-refractivity contribution in [1.29, 1.82) is 0 Å². The molecule has 0 saturated carbocycles. The van der Waals surface area contributed by atoms with E-state index >= 15 is 0 Å². The van der Waals surface area contributed by atoms with E-state index in [1.54, 1.807) is 30.9 Å². The van der Waals surface area contributed by atoms with Crippen LogP contribution >= 0.6 is 11.8 Å². The summed E-state index contributed by atoms with van der Waals surface area (Å²) in [6.45, 7) is 5.68. The van der Waals surface area contributed by atoms with Crippen LogP contribution in [0.2, 0.25) is 0 Å². The van der Waals surface area contributed by atoms with Gasteiger partial charge < -0.3 is 5.11 Å². The second kappa shape index (κ2) is 9.91. The van der Waals surface area contributed by atoms with E-state index in [0.717, 1.165) is 22.8 Å². The molecule has 2 aromatic rings. The minimum absolute atomic E-state index is 0.164. The molecule has 0 radical (unpaired) electrons. The van der Waals surface area contributed by atoms with Gasteiger partial charge in [0.05, 0.1) is 27.4 Å². The van der Waals surface area contributed by atoms with Gasteiger partial charge in [-0.05, 0) is 68.2 Å². The summed E-state index contributed by atoms with van der Waals surface area (Å²) in [7, 11) is -1.58. The van der Waals surface area contributed by atoms with E-state index in [1.807, 2.05) is 19.1 Å². The van der Waals surface area contributed by atoms with E-state index in [2.05, 4.69) is 40.9 Å². The minimum atomic E-state index is -1.58. The van der Waals surface area contributed by atoms with Gasteiger partial charge >= 0.3 is 5.97 Å². The van der Waals surface area contributed by atoms with E-state index in [0.29, 0.717) is 16.1 Å². The van der Waals surface area contributed by atoms with Gasteiger partial charge in [-0.25, -0.2) is 14.0 Å². The zero-order valence-corrected chi connectivity index (χ0v) is 18.8. The molecule has 3 rings (SSSR count). The highest BCUT2D eigenvalue weighted by atomic mass is 32.2. The van der Waals surface area contributed by atoms with Gasteiger partial charge in [-0.3, -0.25) is 4.72 Å². The van der Waals surface area contributed by atoms with E-state index in [4.69, 9.17) is 0 Å². The number of aromatic nitrogens is 1. The Kier molecular flexibility index (Phi) is 7.29. The fourth-order valence-corrected chi connectivity index (χ4v) is 4.63. The van der Waals surface area contributed by atoms with Crippen LogP contribution in [0.5, 0.6) is 0 Å². The molecular weight excluding hydrogens is 416 g/mol. The normalized spacial score (nSPS) is 14.5. The zero-order valence-electron chi connectivity index (χ0n) is 17.1. The largest absolute Gasteiger partial charge is 0.478 e. The maximum atomic E-state index is 12.7. The fourth-order valence-electron chi connectivity index (χ4n) is 2.87. The third-order valence-electron chi connectivity index (χ3n) is 4.77. The quantitative estimate of drug-likeness (QED) is 0.559. The molecule has 30 heavy (non-hydrogen) atoms. The molecule has 0 aliphatic heterocycles. The van der Waals surface area contributed by atoms with Crippen molar-refractivity contribution in [3.8, 4) is 0 Å². The van der Waals surface area contributed by atoms with Crippen molar-refractivity contribution in [2.24, 2.45) is 0 Å². The monoisotopic (exact) mass is 440 g/mol. The molecule has 0 amide bonds. The molecule has 7 heteroatoms. The Morgan fingerprint density at radius 2 is 2.03 bits per heavy atom. The van der Waals surface area contributed by atoms with Crippen molar-refractivity contribution < 1.29 is 14.1 Å². The lowest BCUT2D eigenvalue weighted by molar-refractivity contribution is 0.0695. The molecule has 0 spiro atoms. The van der Waals surface area contributed by atoms with Crippen LogP contribution in [0, 0.1) is 13.8 Å². The van der Waals surface area contributed by atoms with Crippen molar-refractivity contribution in [2.45, 2.75) is 37.1 Å². The molecule has 1 aliphatic carbocycles. The number of benzene rings is 1. The van der Waals surface area contributed by atoms with Gasteiger partial charge in [0.15, 0.2) is 0 Å². The van der Waals surface area contributed by atoms with Crippen molar-refractivity contribution >= 4 is 34.4 Å². The number of carboxylic acid groups (broad SMARTS) is 1. The number of aryl methyl sites for hydroxylation is 1. The molecule has 2 N–H and O–H groups in total. The Labute approximate surface area is 183 Å². The number of hydrogen-bond acceptors (Lipinski definition) is 4. The second-order valence-corrected chi connectivity index (χ2v) is 9.33. The van der Waals surface area contributed by atoms with Gasteiger partial charge in [0, 0.05) is 5.75 Å². The highest BCUT2D eigenvalue weighted by molar-refractivity contribution is 7.99. The summed E-state index contributed by atoms with van der Waals surface area (Å²) in [6, 6.07) is 6.91. The van der Waals surface area contributed by atoms with Gasteiger partial charge in [0.25, 0.3) is 0 Å². The molecule has 0 bridgehead atoms. The second-order valence-electron chi connectivity index (χ2n) is 7.12. The fraction of sp³-hybridized carbons (Fsp3) is 0.217. The lowest BCUT2D eigenvalue weighted by Crippen LogP contribution is -2.09. The summed E-state index contributed by atoms with van der Waals surface area (Å²) in [5, 5.41) is 10.2. The van der Waals surface area contributed by atoms with Gasteiger partial charge in [0.2, 0.25) is 0 Å². The Balaban J connectivity index is 1.64. The summed E-state index contributed by atoms with van der Waals surface area (Å²) in [5.74, 6) is -0.200. The van der Waals surface area contributed by atoms with Gasteiger partial charge in [-0.15, -0.1) is 11.8 Å². The number of rotatable bonds is 7. The average molecular weight is 441 g/mol. The summed E-state index contributed by atoms with van der Waals surface area (Å²) >= 11 is 1.64. The third-order valence-corrected chi connectivity index (χ3v) is 6.87. The van der Waals surface area contributed by atoms with E-state index < -0.39 is 17.0 Å². The van der Waals surface area contributed by atoms with Crippen LogP contribution in [-0.4, -0.2) is 26.0 Å². The van der Waals surface area contributed by atoms with Crippen molar-refractivity contribution in [2.75, 3.05) is 10.5 Å². The van der Waals surface area contributed by atoms with E-state index in [1.165, 1.54) is 17.2 Å². The highest BCUT2D eigenvalue weighted by Crippen LogP contribution is 2.24. The van der Waals surface area contributed by atoms with Gasteiger partial charge in [-0.2, -0.15) is 0 Å². The average Bonchev–Trinajstić information content (AvgIpc) is 2.93. The SMILES string of the molecule is CC1=CC=C(CSc2ccc(NS(=O)c3cc(C)c(C)c(C(=O)O)c3)cn2)C=CC1. The first kappa shape index (κ1) is 22.1. The minimum Gasteiger partial charge on any atom is -0.478 e. The molecule has 1 atom stereocenters. The van der Waals surface area contributed by atoms with Crippen LogP contribution in [0.4, 0.5) is 5.69 Å². The number of nitrogens with zero attached hydrogens (tertiary/aromatic N) is 1. The Morgan fingerprint density at radius 3 is 2.73 bits per heavy atom. The first-order valence-electron chi connectivity index (χ1n) is 9.48. The van der Waals surface area contributed by atoms with Crippen LogP contribution in [0.3, 0.4) is 0 Å². The molecule has 156 valence electrons. The maximum Gasteiger partial charge on any atom is 0.336 e. The van der Waals surface area contributed by atoms with E-state index in [9.17, 15) is 14.1 Å². The van der Waals surface area contributed by atoms with Crippen molar-refractivity contribution in [3.63, 3.8) is 0 Å². The Bertz CT molecular complexity index is 1070. The summed E-state index contributed by atoms with van der Waals surface area (Å²) < 4.78 is 15.6. The number of pyridine rings is 1. The Hall–Kier alpha value is -2.64. The zero-order chi connectivity index (χ0) is 21.7. The number of anilines is 1. The van der Waals surface area contributed by atoms with Crippen molar-refractivity contribution in [1.82, 2.24) is 4.98 Å². The van der Waals surface area contributed by atoms with Crippen LogP contribution in [-0.2, 0) is 11.0 Å². The molecule has 1 aromatic carbocycles. The predicted octanol–water partition coefficient (Wildman–Crippen LogP) is 5.46. The molecule has 0 saturated heterocycles. The van der Waals surface area contributed by atoms with Crippen LogP contribution in [0.15, 0.2) is 75.8 Å². The van der Waals surface area contributed by atoms with E-state index in [-0.39, 0.29) is 5.56 Å². The standard InChI is InChI=1S/C23H24N2O3S2/c1-15-5-4-6-18(8-7-15)14-29-22-10-9-19(13-24-22)25-30(28)20-11-16(2)17(3)21(12-20)23(26)27/h4,6-13,25H,5,14H2,1-3H3,(H,26,27). The topological polar surface area (TPSA) is 79.3 Å². The predicted molar refractivity (Wildman–Crippen MR) is 123 cm³/mol. The lowest BCUT2D eigenvalue weighted by Gasteiger charge is -2.11. The number of carbonyl (C=O) groups is 1. The van der Waals surface area contributed by atoms with Crippen LogP contribution in [0.1, 0.15) is 34.8 Å². The summed E-state index contributed by atoms with van der Waals surface area (Å²) in [4.78, 5) is 16.3. The first-order valence-corrected chi connectivity index (χ1v) is 11.6. The lowest BCUT2D eigenvalue weighted by atomic mass is 10.0. The molecule has 1 unspecified atom stereocenters. The van der Waals surface area contributed by atoms with Crippen molar-refractivity contribution in [3.05, 3.63) is 82.6 Å². The number of hydrogen-bond donors (Lipinski definition) is 2. The number of thioether (sulfide) groups is 1. The van der Waals surface area contributed by atoms with Crippen LogP contribution in [0.25, 0.3) is 0 Å². The van der Waals surface area contributed by atoms with Crippen LogP contribution < -0.4 is 4.72 Å². The van der Waals surface area contributed by atoms with Gasteiger partial charge in [-0.1, -0.05) is 29.9 Å². The molecule has 5 nitrogen and oxygen atoms in total. The first-order chi connectivity index (χ1) is 14.3.